The van der Waals surface area contributed by atoms with Gasteiger partial charge < -0.3 is 24.7 Å². The fraction of sp³-hybridized carbons (Fsp3) is 0.200. The van der Waals surface area contributed by atoms with E-state index in [9.17, 15) is 4.79 Å². The topological polar surface area (TPSA) is 131 Å². The second kappa shape index (κ2) is 9.55. The molecule has 1 atom stereocenters. The monoisotopic (exact) mass is 482 g/mol. The zero-order valence-electron chi connectivity index (χ0n) is 19.2. The lowest BCUT2D eigenvalue weighted by molar-refractivity contribution is -0.116. The van der Waals surface area contributed by atoms with E-state index in [1.807, 2.05) is 54.6 Å². The summed E-state index contributed by atoms with van der Waals surface area (Å²) in [4.78, 5) is 28.7. The van der Waals surface area contributed by atoms with E-state index < -0.39 is 6.17 Å². The van der Waals surface area contributed by atoms with Crippen molar-refractivity contribution in [2.24, 2.45) is 4.99 Å². The minimum Gasteiger partial charge on any atom is -0.402 e. The van der Waals surface area contributed by atoms with Gasteiger partial charge in [-0.2, -0.15) is 0 Å². The summed E-state index contributed by atoms with van der Waals surface area (Å²) in [7, 11) is 0. The summed E-state index contributed by atoms with van der Waals surface area (Å²) in [6, 6.07) is 17.3. The highest BCUT2D eigenvalue weighted by atomic mass is 16.5. The summed E-state index contributed by atoms with van der Waals surface area (Å²) in [6.07, 6.45) is 2.27. The molecule has 180 valence electrons. The highest BCUT2D eigenvalue weighted by molar-refractivity contribution is 6.19. The number of hydrogen-bond acceptors (Lipinski definition) is 10. The summed E-state index contributed by atoms with van der Waals surface area (Å²) in [5.41, 5.74) is 3.49. The van der Waals surface area contributed by atoms with Crippen molar-refractivity contribution in [1.82, 2.24) is 20.2 Å². The summed E-state index contributed by atoms with van der Waals surface area (Å²) < 4.78 is 11.1. The third-order valence-electron chi connectivity index (χ3n) is 5.87. The van der Waals surface area contributed by atoms with Gasteiger partial charge in [0.15, 0.2) is 0 Å². The summed E-state index contributed by atoms with van der Waals surface area (Å²) in [5, 5.41) is 14.0. The van der Waals surface area contributed by atoms with E-state index in [1.165, 1.54) is 0 Å². The Hall–Kier alpha value is -4.64. The Morgan fingerprint density at radius 3 is 2.56 bits per heavy atom. The van der Waals surface area contributed by atoms with E-state index in [2.05, 4.69) is 35.7 Å². The standard InChI is InChI=1S/C25H22N8O3/c34-23-22(29-21(16-6-2-1-3-7-16)17-8-4-5-9-18(17)28-23)30-25-32-31-24(36-25)19-14-27-20(15-26-19)33-10-12-35-13-11-33/h1-9,14-15,22H,10-13H2,(H,28,34)(H,30,32)/t22-/m1/s1. The number of fused-ring (bicyclic) bond motifs is 1. The molecule has 4 aromatic rings. The molecule has 0 bridgehead atoms. The van der Waals surface area contributed by atoms with Gasteiger partial charge >= 0.3 is 6.01 Å². The van der Waals surface area contributed by atoms with Gasteiger partial charge in [-0.3, -0.25) is 4.79 Å². The number of para-hydroxylation sites is 1. The average Bonchev–Trinajstić information content (AvgIpc) is 3.36. The fourth-order valence-electron chi connectivity index (χ4n) is 4.07. The van der Waals surface area contributed by atoms with Crippen molar-refractivity contribution in [1.29, 1.82) is 0 Å². The van der Waals surface area contributed by atoms with Crippen LogP contribution < -0.4 is 15.5 Å². The lowest BCUT2D eigenvalue weighted by Gasteiger charge is -2.27. The minimum atomic E-state index is -0.990. The van der Waals surface area contributed by atoms with Gasteiger partial charge in [0.25, 0.3) is 11.8 Å². The smallest absolute Gasteiger partial charge is 0.317 e. The Balaban J connectivity index is 1.25. The number of morpholine rings is 1. The van der Waals surface area contributed by atoms with E-state index in [4.69, 9.17) is 14.1 Å². The van der Waals surface area contributed by atoms with E-state index in [-0.39, 0.29) is 17.8 Å². The highest BCUT2D eigenvalue weighted by Crippen LogP contribution is 2.25. The maximum Gasteiger partial charge on any atom is 0.317 e. The number of benzodiazepines with no additional fused rings is 1. The van der Waals surface area contributed by atoms with E-state index in [0.29, 0.717) is 30.3 Å². The predicted octanol–water partition coefficient (Wildman–Crippen LogP) is 2.59. The molecule has 2 aromatic carbocycles. The van der Waals surface area contributed by atoms with Crippen LogP contribution in [0, 0.1) is 0 Å². The molecule has 1 fully saturated rings. The highest BCUT2D eigenvalue weighted by Gasteiger charge is 2.27. The molecule has 0 radical (unpaired) electrons. The van der Waals surface area contributed by atoms with Gasteiger partial charge in [0.05, 0.1) is 37.0 Å². The van der Waals surface area contributed by atoms with Crippen molar-refractivity contribution in [3.05, 3.63) is 78.1 Å². The number of benzene rings is 2. The number of carbonyl (C=O) groups is 1. The summed E-state index contributed by atoms with van der Waals surface area (Å²) >= 11 is 0. The predicted molar refractivity (Wildman–Crippen MR) is 133 cm³/mol. The largest absolute Gasteiger partial charge is 0.402 e. The van der Waals surface area contributed by atoms with Crippen LogP contribution in [-0.2, 0) is 9.53 Å². The van der Waals surface area contributed by atoms with Crippen LogP contribution in [0.25, 0.3) is 11.6 Å². The van der Waals surface area contributed by atoms with Crippen molar-refractivity contribution in [3.63, 3.8) is 0 Å². The molecule has 0 unspecified atom stereocenters. The first kappa shape index (κ1) is 21.9. The molecule has 0 aliphatic carbocycles. The second-order valence-corrected chi connectivity index (χ2v) is 8.20. The Morgan fingerprint density at radius 2 is 1.75 bits per heavy atom. The van der Waals surface area contributed by atoms with Gasteiger partial charge in [-0.25, -0.2) is 15.0 Å². The Labute approximate surface area is 206 Å². The number of aliphatic imine (C=N–C) groups is 1. The number of anilines is 3. The van der Waals surface area contributed by atoms with Crippen molar-refractivity contribution in [3.8, 4) is 11.6 Å². The van der Waals surface area contributed by atoms with Crippen LogP contribution in [0.15, 0.2) is 76.4 Å². The van der Waals surface area contributed by atoms with Crippen molar-refractivity contribution in [2.75, 3.05) is 41.8 Å². The first-order valence-electron chi connectivity index (χ1n) is 11.5. The van der Waals surface area contributed by atoms with Crippen LogP contribution in [0.2, 0.25) is 0 Å². The Kier molecular flexibility index (Phi) is 5.80. The molecule has 1 saturated heterocycles. The molecule has 11 heteroatoms. The molecule has 2 N–H and O–H groups in total. The van der Waals surface area contributed by atoms with Gasteiger partial charge in [0.2, 0.25) is 6.17 Å². The quantitative estimate of drug-likeness (QED) is 0.441. The first-order valence-corrected chi connectivity index (χ1v) is 11.5. The number of carbonyl (C=O) groups excluding carboxylic acids is 1. The average molecular weight is 483 g/mol. The number of hydrogen-bond donors (Lipinski definition) is 2. The fourth-order valence-corrected chi connectivity index (χ4v) is 4.07. The van der Waals surface area contributed by atoms with Crippen LogP contribution in [0.1, 0.15) is 11.1 Å². The molecule has 6 rings (SSSR count). The van der Waals surface area contributed by atoms with Crippen LogP contribution in [0.4, 0.5) is 17.5 Å². The number of nitrogens with zero attached hydrogens (tertiary/aromatic N) is 6. The molecular formula is C25H22N8O3. The molecule has 2 aliphatic rings. The van der Waals surface area contributed by atoms with Crippen molar-refractivity contribution in [2.45, 2.75) is 6.17 Å². The molecular weight excluding hydrogens is 460 g/mol. The Morgan fingerprint density at radius 1 is 0.944 bits per heavy atom. The zero-order chi connectivity index (χ0) is 24.3. The van der Waals surface area contributed by atoms with Gasteiger partial charge in [0.1, 0.15) is 11.5 Å². The van der Waals surface area contributed by atoms with Crippen molar-refractivity contribution >= 4 is 29.1 Å². The van der Waals surface area contributed by atoms with Gasteiger partial charge in [-0.05, 0) is 6.07 Å². The first-order chi connectivity index (χ1) is 17.7. The van der Waals surface area contributed by atoms with Gasteiger partial charge in [-0.15, -0.1) is 5.10 Å². The number of amides is 1. The molecule has 0 spiro atoms. The van der Waals surface area contributed by atoms with Crippen LogP contribution >= 0.6 is 0 Å². The Bertz CT molecular complexity index is 1400. The summed E-state index contributed by atoms with van der Waals surface area (Å²) in [5.74, 6) is 0.600. The molecule has 36 heavy (non-hydrogen) atoms. The van der Waals surface area contributed by atoms with Crippen LogP contribution in [0.3, 0.4) is 0 Å². The van der Waals surface area contributed by atoms with Crippen LogP contribution in [0.5, 0.6) is 0 Å². The van der Waals surface area contributed by atoms with Gasteiger partial charge in [-0.1, -0.05) is 53.6 Å². The molecule has 0 saturated carbocycles. The lowest BCUT2D eigenvalue weighted by Crippen LogP contribution is -2.36. The maximum atomic E-state index is 13.0. The molecule has 2 aliphatic heterocycles. The molecule has 11 nitrogen and oxygen atoms in total. The zero-order valence-corrected chi connectivity index (χ0v) is 19.2. The molecule has 2 aromatic heterocycles. The maximum absolute atomic E-state index is 13.0. The third-order valence-corrected chi connectivity index (χ3v) is 5.87. The lowest BCUT2D eigenvalue weighted by atomic mass is 10.0. The number of aromatic nitrogens is 4. The minimum absolute atomic E-state index is 0.0475. The third kappa shape index (κ3) is 4.39. The molecule has 1 amide bonds. The van der Waals surface area contributed by atoms with Crippen molar-refractivity contribution < 1.29 is 13.9 Å². The summed E-state index contributed by atoms with van der Waals surface area (Å²) in [6.45, 7) is 2.86. The SMILES string of the molecule is O=C1Nc2ccccc2C(c2ccccc2)=N[C@@H]1Nc1nnc(-c2cnc(N3CCOCC3)cn2)o1. The van der Waals surface area contributed by atoms with E-state index in [1.54, 1.807) is 12.4 Å². The normalized spacial score (nSPS) is 17.6. The number of rotatable bonds is 5. The van der Waals surface area contributed by atoms with E-state index >= 15 is 0 Å². The van der Waals surface area contributed by atoms with Gasteiger partial charge in [0, 0.05) is 24.2 Å². The van der Waals surface area contributed by atoms with Crippen LogP contribution in [-0.4, -0.2) is 64.3 Å². The second-order valence-electron chi connectivity index (χ2n) is 8.20. The number of nitrogens with one attached hydrogen (secondary N) is 2. The molecule has 4 heterocycles. The van der Waals surface area contributed by atoms with E-state index in [0.717, 1.165) is 30.0 Å². The number of ether oxygens (including phenoxy) is 1.